The second kappa shape index (κ2) is 8.86. The molecule has 1 fully saturated rings. The van der Waals surface area contributed by atoms with Gasteiger partial charge < -0.3 is 15.4 Å². The van der Waals surface area contributed by atoms with Crippen molar-refractivity contribution < 1.29 is 4.74 Å². The molecule has 0 radical (unpaired) electrons. The Bertz CT molecular complexity index is 554. The molecule has 1 aromatic rings. The first-order chi connectivity index (χ1) is 11.4. The van der Waals surface area contributed by atoms with E-state index in [1.165, 1.54) is 12.0 Å². The van der Waals surface area contributed by atoms with E-state index in [2.05, 4.69) is 64.5 Å². The van der Waals surface area contributed by atoms with Crippen LogP contribution >= 0.6 is 15.9 Å². The summed E-state index contributed by atoms with van der Waals surface area (Å²) in [7, 11) is 1.81. The number of guanidine groups is 1. The van der Waals surface area contributed by atoms with E-state index < -0.39 is 0 Å². The summed E-state index contributed by atoms with van der Waals surface area (Å²) in [6.45, 7) is 9.31. The van der Waals surface area contributed by atoms with Crippen LogP contribution < -0.4 is 10.6 Å². The molecule has 2 atom stereocenters. The molecule has 4 nitrogen and oxygen atoms in total. The van der Waals surface area contributed by atoms with Crippen LogP contribution in [0.4, 0.5) is 0 Å². The average molecular weight is 396 g/mol. The van der Waals surface area contributed by atoms with Crippen LogP contribution in [0.15, 0.2) is 33.7 Å². The minimum Gasteiger partial charge on any atom is -0.377 e. The SMILES string of the molecule is CN=C(NCc1cccc(Br)c1)NCC1CCCOC1C(C)(C)C. The molecule has 1 aliphatic heterocycles. The van der Waals surface area contributed by atoms with E-state index in [0.717, 1.165) is 36.5 Å². The van der Waals surface area contributed by atoms with Gasteiger partial charge in [-0.2, -0.15) is 0 Å². The first kappa shape index (κ1) is 19.3. The monoisotopic (exact) mass is 395 g/mol. The number of nitrogens with zero attached hydrogens (tertiary/aromatic N) is 1. The van der Waals surface area contributed by atoms with Gasteiger partial charge in [-0.25, -0.2) is 0 Å². The average Bonchev–Trinajstić information content (AvgIpc) is 2.54. The third-order valence-electron chi connectivity index (χ3n) is 4.40. The van der Waals surface area contributed by atoms with E-state index in [1.54, 1.807) is 0 Å². The molecule has 0 aromatic heterocycles. The summed E-state index contributed by atoms with van der Waals surface area (Å²) in [4.78, 5) is 4.34. The molecule has 0 saturated carbocycles. The highest BCUT2D eigenvalue weighted by atomic mass is 79.9. The Morgan fingerprint density at radius 3 is 2.79 bits per heavy atom. The molecule has 2 N–H and O–H groups in total. The molecule has 0 spiro atoms. The maximum Gasteiger partial charge on any atom is 0.191 e. The summed E-state index contributed by atoms with van der Waals surface area (Å²) >= 11 is 3.51. The topological polar surface area (TPSA) is 45.7 Å². The normalized spacial score (nSPS) is 22.3. The minimum atomic E-state index is 0.167. The molecule has 24 heavy (non-hydrogen) atoms. The van der Waals surface area contributed by atoms with E-state index in [0.29, 0.717) is 12.0 Å². The number of ether oxygens (including phenoxy) is 1. The fourth-order valence-electron chi connectivity index (χ4n) is 3.29. The van der Waals surface area contributed by atoms with Gasteiger partial charge in [0, 0.05) is 37.1 Å². The van der Waals surface area contributed by atoms with E-state index >= 15 is 0 Å². The molecule has 1 aliphatic rings. The predicted molar refractivity (Wildman–Crippen MR) is 104 cm³/mol. The van der Waals surface area contributed by atoms with Crippen LogP contribution in [0.2, 0.25) is 0 Å². The quantitative estimate of drug-likeness (QED) is 0.598. The Kier molecular flexibility index (Phi) is 7.11. The highest BCUT2D eigenvalue weighted by Gasteiger charge is 2.35. The predicted octanol–water partition coefficient (Wildman–Crippen LogP) is 3.96. The van der Waals surface area contributed by atoms with Gasteiger partial charge in [-0.3, -0.25) is 4.99 Å². The molecule has 1 heterocycles. The molecule has 0 aliphatic carbocycles. The third kappa shape index (κ3) is 5.78. The molecule has 1 saturated heterocycles. The maximum atomic E-state index is 6.06. The van der Waals surface area contributed by atoms with Crippen LogP contribution in [0.3, 0.4) is 0 Å². The lowest BCUT2D eigenvalue weighted by atomic mass is 9.78. The molecular formula is C19H30BrN3O. The van der Waals surface area contributed by atoms with Gasteiger partial charge in [0.25, 0.3) is 0 Å². The Labute approximate surface area is 154 Å². The van der Waals surface area contributed by atoms with E-state index in [4.69, 9.17) is 4.74 Å². The highest BCUT2D eigenvalue weighted by molar-refractivity contribution is 9.10. The van der Waals surface area contributed by atoms with Gasteiger partial charge >= 0.3 is 0 Å². The zero-order valence-corrected chi connectivity index (χ0v) is 16.8. The van der Waals surface area contributed by atoms with Gasteiger partial charge in [0.1, 0.15) is 0 Å². The summed E-state index contributed by atoms with van der Waals surface area (Å²) < 4.78 is 7.15. The summed E-state index contributed by atoms with van der Waals surface area (Å²) in [6, 6.07) is 8.30. The molecule has 134 valence electrons. The third-order valence-corrected chi connectivity index (χ3v) is 4.90. The fraction of sp³-hybridized carbons (Fsp3) is 0.632. The molecule has 5 heteroatoms. The van der Waals surface area contributed by atoms with Gasteiger partial charge in [0.15, 0.2) is 5.96 Å². The minimum absolute atomic E-state index is 0.167. The van der Waals surface area contributed by atoms with Crippen LogP contribution in [0.5, 0.6) is 0 Å². The van der Waals surface area contributed by atoms with Gasteiger partial charge in [-0.05, 0) is 36.0 Å². The second-order valence-electron chi connectivity index (χ2n) is 7.50. The van der Waals surface area contributed by atoms with Crippen molar-refractivity contribution in [2.24, 2.45) is 16.3 Å². The lowest BCUT2D eigenvalue weighted by Crippen LogP contribution is -2.47. The molecule has 2 unspecified atom stereocenters. The van der Waals surface area contributed by atoms with E-state index in [9.17, 15) is 0 Å². The molecule has 1 aromatic carbocycles. The fourth-order valence-corrected chi connectivity index (χ4v) is 3.74. The van der Waals surface area contributed by atoms with Crippen molar-refractivity contribution in [3.05, 3.63) is 34.3 Å². The van der Waals surface area contributed by atoms with E-state index in [1.807, 2.05) is 19.2 Å². The number of hydrogen-bond donors (Lipinski definition) is 2. The maximum absolute atomic E-state index is 6.06. The summed E-state index contributed by atoms with van der Waals surface area (Å²) in [5.41, 5.74) is 1.39. The van der Waals surface area contributed by atoms with E-state index in [-0.39, 0.29) is 5.41 Å². The van der Waals surface area contributed by atoms with Crippen molar-refractivity contribution in [2.75, 3.05) is 20.2 Å². The highest BCUT2D eigenvalue weighted by Crippen LogP contribution is 2.33. The Hall–Kier alpha value is -1.07. The number of rotatable bonds is 4. The van der Waals surface area contributed by atoms with Gasteiger partial charge in [0.2, 0.25) is 0 Å². The van der Waals surface area contributed by atoms with Crippen molar-refractivity contribution in [2.45, 2.75) is 46.3 Å². The van der Waals surface area contributed by atoms with Gasteiger partial charge in [-0.1, -0.05) is 48.8 Å². The summed E-state index contributed by atoms with van der Waals surface area (Å²) in [5, 5.41) is 6.86. The van der Waals surface area contributed by atoms with Crippen molar-refractivity contribution in [1.29, 1.82) is 0 Å². The number of hydrogen-bond acceptors (Lipinski definition) is 2. The zero-order chi connectivity index (χ0) is 17.6. The smallest absolute Gasteiger partial charge is 0.191 e. The first-order valence-corrected chi connectivity index (χ1v) is 9.50. The summed E-state index contributed by atoms with van der Waals surface area (Å²) in [6.07, 6.45) is 2.64. The lowest BCUT2D eigenvalue weighted by molar-refractivity contribution is -0.0835. The van der Waals surface area contributed by atoms with Gasteiger partial charge in [-0.15, -0.1) is 0 Å². The number of benzene rings is 1. The molecule has 0 bridgehead atoms. The standard InChI is InChI=1S/C19H30BrN3O/c1-19(2,3)17-15(8-6-10-24-17)13-23-18(21-4)22-12-14-7-5-9-16(20)11-14/h5,7,9,11,15,17H,6,8,10,12-13H2,1-4H3,(H2,21,22,23). The van der Waals surface area contributed by atoms with Gasteiger partial charge in [0.05, 0.1) is 6.10 Å². The molecule has 0 amide bonds. The molecular weight excluding hydrogens is 366 g/mol. The van der Waals surface area contributed by atoms with Crippen LogP contribution in [0.25, 0.3) is 0 Å². The van der Waals surface area contributed by atoms with Crippen molar-refractivity contribution in [3.63, 3.8) is 0 Å². The van der Waals surface area contributed by atoms with Crippen LogP contribution in [0, 0.1) is 11.3 Å². The largest absolute Gasteiger partial charge is 0.377 e. The Balaban J connectivity index is 1.86. The van der Waals surface area contributed by atoms with Crippen LogP contribution in [-0.4, -0.2) is 32.3 Å². The first-order valence-electron chi connectivity index (χ1n) is 8.70. The Morgan fingerprint density at radius 2 is 2.12 bits per heavy atom. The number of aliphatic imine (C=N–C) groups is 1. The molecule has 2 rings (SSSR count). The lowest BCUT2D eigenvalue weighted by Gasteiger charge is -2.40. The van der Waals surface area contributed by atoms with Crippen molar-refractivity contribution in [3.8, 4) is 0 Å². The van der Waals surface area contributed by atoms with Crippen molar-refractivity contribution in [1.82, 2.24) is 10.6 Å². The Morgan fingerprint density at radius 1 is 1.33 bits per heavy atom. The van der Waals surface area contributed by atoms with Crippen LogP contribution in [0.1, 0.15) is 39.2 Å². The zero-order valence-electron chi connectivity index (χ0n) is 15.2. The van der Waals surface area contributed by atoms with Crippen LogP contribution in [-0.2, 0) is 11.3 Å². The van der Waals surface area contributed by atoms with Crippen molar-refractivity contribution >= 4 is 21.9 Å². The number of halogens is 1. The summed E-state index contributed by atoms with van der Waals surface area (Å²) in [5.74, 6) is 1.36. The number of nitrogens with one attached hydrogen (secondary N) is 2. The second-order valence-corrected chi connectivity index (χ2v) is 8.41.